The molecule has 0 unspecified atom stereocenters. The van der Waals surface area contributed by atoms with Crippen molar-refractivity contribution in [1.29, 1.82) is 0 Å². The number of carbonyl (C=O) groups is 2. The second-order valence-corrected chi connectivity index (χ2v) is 9.03. The van der Waals surface area contributed by atoms with Crippen molar-refractivity contribution < 1.29 is 14.3 Å². The van der Waals surface area contributed by atoms with Crippen LogP contribution in [0, 0.1) is 23.7 Å². The number of nitrogens with zero attached hydrogens (tertiary/aromatic N) is 1. The second-order valence-electron chi connectivity index (χ2n) is 9.03. The van der Waals surface area contributed by atoms with Gasteiger partial charge in [0, 0.05) is 31.3 Å². The van der Waals surface area contributed by atoms with Gasteiger partial charge in [0.1, 0.15) is 5.75 Å². The Morgan fingerprint density at radius 1 is 1.19 bits per heavy atom. The number of likely N-dealkylation sites (tertiary alicyclic amines) is 1. The Morgan fingerprint density at radius 2 is 1.96 bits per heavy atom. The first-order chi connectivity index (χ1) is 13.1. The van der Waals surface area contributed by atoms with Crippen molar-refractivity contribution in [3.8, 4) is 5.75 Å². The number of rotatable bonds is 1. The lowest BCUT2D eigenvalue weighted by Crippen LogP contribution is -2.67. The van der Waals surface area contributed by atoms with Crippen LogP contribution in [0.4, 0.5) is 0 Å². The molecule has 2 bridgehead atoms. The maximum absolute atomic E-state index is 13.2. The van der Waals surface area contributed by atoms with E-state index >= 15 is 0 Å². The first kappa shape index (κ1) is 17.1. The highest BCUT2D eigenvalue weighted by atomic mass is 16.5. The Balaban J connectivity index is 1.35. The monoisotopic (exact) mass is 368 g/mol. The Kier molecular flexibility index (Phi) is 3.95. The highest BCUT2D eigenvalue weighted by Crippen LogP contribution is 2.52. The maximum atomic E-state index is 13.2. The second kappa shape index (κ2) is 6.25. The van der Waals surface area contributed by atoms with Crippen molar-refractivity contribution in [3.05, 3.63) is 29.8 Å². The molecule has 5 aliphatic rings. The number of para-hydroxylation sites is 1. The van der Waals surface area contributed by atoms with Crippen LogP contribution in [0.3, 0.4) is 0 Å². The van der Waals surface area contributed by atoms with Crippen LogP contribution in [0.25, 0.3) is 0 Å². The molecule has 27 heavy (non-hydrogen) atoms. The molecular weight excluding hydrogens is 340 g/mol. The van der Waals surface area contributed by atoms with Gasteiger partial charge in [-0.05, 0) is 56.1 Å². The van der Waals surface area contributed by atoms with Crippen molar-refractivity contribution in [2.45, 2.75) is 51.2 Å². The van der Waals surface area contributed by atoms with Gasteiger partial charge in [-0.1, -0.05) is 19.1 Å². The molecule has 2 amide bonds. The van der Waals surface area contributed by atoms with Gasteiger partial charge < -0.3 is 15.0 Å². The summed E-state index contributed by atoms with van der Waals surface area (Å²) >= 11 is 0. The maximum Gasteiger partial charge on any atom is 0.258 e. The Labute approximate surface area is 160 Å². The number of ether oxygens (including phenoxy) is 1. The minimum absolute atomic E-state index is 0.0442. The predicted molar refractivity (Wildman–Crippen MR) is 101 cm³/mol. The number of fused-ring (bicyclic) bond motifs is 3. The largest absolute Gasteiger partial charge is 0.467 e. The van der Waals surface area contributed by atoms with Crippen LogP contribution < -0.4 is 10.1 Å². The van der Waals surface area contributed by atoms with E-state index in [1.165, 1.54) is 0 Å². The fourth-order valence-electron chi connectivity index (χ4n) is 5.73. The quantitative estimate of drug-likeness (QED) is 0.828. The summed E-state index contributed by atoms with van der Waals surface area (Å²) in [5, 5.41) is 3.18. The minimum Gasteiger partial charge on any atom is -0.467 e. The van der Waals surface area contributed by atoms with Crippen LogP contribution in [0.2, 0.25) is 0 Å². The topological polar surface area (TPSA) is 58.6 Å². The number of benzene rings is 1. The number of amides is 2. The fourth-order valence-corrected chi connectivity index (χ4v) is 5.73. The van der Waals surface area contributed by atoms with Gasteiger partial charge in [0.25, 0.3) is 5.91 Å². The molecule has 5 nitrogen and oxygen atoms in total. The SMILES string of the molecule is CC1CCN(C(=O)[C@H]2C[C@H]3CC[C@H]2C[C@]32NC(=O)c3ccccc3O2)CC1. The minimum atomic E-state index is -0.623. The van der Waals surface area contributed by atoms with Gasteiger partial charge >= 0.3 is 0 Å². The standard InChI is InChI=1S/C22H28N2O3/c1-14-8-10-24(11-9-14)21(26)18-12-16-7-6-15(18)13-22(16)23-20(25)17-4-2-3-5-19(17)27-22/h2-5,14-16,18H,6-13H2,1H3,(H,23,25)/t15-,16+,18-,22+/m0/s1. The highest BCUT2D eigenvalue weighted by molar-refractivity contribution is 5.98. The molecule has 2 aliphatic heterocycles. The van der Waals surface area contributed by atoms with Crippen LogP contribution >= 0.6 is 0 Å². The normalized spacial score (nSPS) is 35.5. The molecule has 4 atom stereocenters. The van der Waals surface area contributed by atoms with E-state index in [0.717, 1.165) is 57.5 Å². The van der Waals surface area contributed by atoms with Crippen molar-refractivity contribution >= 4 is 11.8 Å². The van der Waals surface area contributed by atoms with E-state index < -0.39 is 5.72 Å². The highest BCUT2D eigenvalue weighted by Gasteiger charge is 2.57. The number of hydrogen-bond donors (Lipinski definition) is 1. The first-order valence-electron chi connectivity index (χ1n) is 10.4. The number of nitrogens with one attached hydrogen (secondary N) is 1. The van der Waals surface area contributed by atoms with Crippen molar-refractivity contribution in [1.82, 2.24) is 10.2 Å². The summed E-state index contributed by atoms with van der Waals surface area (Å²) in [6.07, 6.45) is 5.90. The summed E-state index contributed by atoms with van der Waals surface area (Å²) in [6.45, 7) is 4.08. The molecule has 1 N–H and O–H groups in total. The van der Waals surface area contributed by atoms with Crippen LogP contribution in [-0.2, 0) is 4.79 Å². The molecule has 1 aromatic carbocycles. The van der Waals surface area contributed by atoms with Crippen molar-refractivity contribution in [2.75, 3.05) is 13.1 Å². The van der Waals surface area contributed by atoms with Gasteiger partial charge in [0.2, 0.25) is 5.91 Å². The van der Waals surface area contributed by atoms with Crippen LogP contribution in [0.1, 0.15) is 55.8 Å². The Bertz CT molecular complexity index is 771. The summed E-state index contributed by atoms with van der Waals surface area (Å²) in [5.41, 5.74) is -0.0127. The van der Waals surface area contributed by atoms with Gasteiger partial charge in [-0.3, -0.25) is 9.59 Å². The Hall–Kier alpha value is -2.04. The van der Waals surface area contributed by atoms with E-state index in [1.54, 1.807) is 0 Å². The Morgan fingerprint density at radius 3 is 2.70 bits per heavy atom. The van der Waals surface area contributed by atoms with Gasteiger partial charge in [0.15, 0.2) is 5.72 Å². The molecule has 1 aromatic rings. The molecule has 2 heterocycles. The summed E-state index contributed by atoms with van der Waals surface area (Å²) in [4.78, 5) is 27.9. The lowest BCUT2D eigenvalue weighted by Gasteiger charge is -2.55. The summed E-state index contributed by atoms with van der Waals surface area (Å²) in [5.74, 6) is 2.31. The van der Waals surface area contributed by atoms with Crippen LogP contribution in [0.15, 0.2) is 24.3 Å². The molecule has 0 radical (unpaired) electrons. The van der Waals surface area contributed by atoms with E-state index in [9.17, 15) is 9.59 Å². The van der Waals surface area contributed by atoms with Gasteiger partial charge in [0.05, 0.1) is 5.56 Å². The molecule has 1 spiro atoms. The zero-order valence-electron chi connectivity index (χ0n) is 15.9. The average Bonchev–Trinajstić information content (AvgIpc) is 2.68. The summed E-state index contributed by atoms with van der Waals surface area (Å²) in [7, 11) is 0. The van der Waals surface area contributed by atoms with Crippen molar-refractivity contribution in [3.63, 3.8) is 0 Å². The van der Waals surface area contributed by atoms with Gasteiger partial charge in [-0.15, -0.1) is 0 Å². The fraction of sp³-hybridized carbons (Fsp3) is 0.636. The number of piperidine rings is 1. The third-order valence-corrected chi connectivity index (χ3v) is 7.38. The first-order valence-corrected chi connectivity index (χ1v) is 10.4. The molecule has 144 valence electrons. The van der Waals surface area contributed by atoms with E-state index in [-0.39, 0.29) is 17.7 Å². The molecule has 1 saturated heterocycles. The third-order valence-electron chi connectivity index (χ3n) is 7.38. The van der Waals surface area contributed by atoms with Gasteiger partial charge in [-0.2, -0.15) is 0 Å². The van der Waals surface area contributed by atoms with E-state index in [2.05, 4.69) is 17.1 Å². The zero-order chi connectivity index (χ0) is 18.6. The zero-order valence-corrected chi connectivity index (χ0v) is 15.9. The number of carbonyl (C=O) groups excluding carboxylic acids is 2. The molecule has 3 aliphatic carbocycles. The molecule has 6 rings (SSSR count). The third kappa shape index (κ3) is 2.74. The average molecular weight is 368 g/mol. The van der Waals surface area contributed by atoms with Gasteiger partial charge in [-0.25, -0.2) is 0 Å². The summed E-state index contributed by atoms with van der Waals surface area (Å²) < 4.78 is 6.40. The smallest absolute Gasteiger partial charge is 0.258 e. The summed E-state index contributed by atoms with van der Waals surface area (Å²) in [6, 6.07) is 7.47. The molecule has 5 heteroatoms. The lowest BCUT2D eigenvalue weighted by atomic mass is 9.59. The molecular formula is C22H28N2O3. The van der Waals surface area contributed by atoms with Crippen LogP contribution in [0.5, 0.6) is 5.75 Å². The lowest BCUT2D eigenvalue weighted by molar-refractivity contribution is -0.156. The van der Waals surface area contributed by atoms with E-state index in [0.29, 0.717) is 23.1 Å². The molecule has 0 aromatic heterocycles. The predicted octanol–water partition coefficient (Wildman–Crippen LogP) is 3.20. The number of hydrogen-bond acceptors (Lipinski definition) is 3. The van der Waals surface area contributed by atoms with Crippen LogP contribution in [-0.4, -0.2) is 35.5 Å². The molecule has 3 saturated carbocycles. The van der Waals surface area contributed by atoms with Crippen molar-refractivity contribution in [2.24, 2.45) is 23.7 Å². The molecule has 4 fully saturated rings. The van der Waals surface area contributed by atoms with E-state index in [1.807, 2.05) is 24.3 Å². The van der Waals surface area contributed by atoms with E-state index in [4.69, 9.17) is 4.74 Å².